The highest BCUT2D eigenvalue weighted by Crippen LogP contribution is 2.13. The first-order valence-electron chi connectivity index (χ1n) is 5.80. The van der Waals surface area contributed by atoms with E-state index in [-0.39, 0.29) is 5.88 Å². The lowest BCUT2D eigenvalue weighted by Crippen LogP contribution is -2.47. The molecule has 1 N–H and O–H groups in total. The average Bonchev–Trinajstić information content (AvgIpc) is 2.40. The minimum Gasteiger partial charge on any atom is -0.391 e. The number of hydrogen-bond donors (Lipinski definition) is 1. The predicted molar refractivity (Wildman–Crippen MR) is 64.8 cm³/mol. The number of amides is 1. The molecule has 1 saturated heterocycles. The summed E-state index contributed by atoms with van der Waals surface area (Å²) in [5.41, 5.74) is 1.24. The Morgan fingerprint density at radius 2 is 2.22 bits per heavy atom. The fourth-order valence-corrected chi connectivity index (χ4v) is 1.72. The fourth-order valence-electron chi connectivity index (χ4n) is 1.72. The molecule has 1 aromatic rings. The van der Waals surface area contributed by atoms with Gasteiger partial charge in [0.2, 0.25) is 5.88 Å². The number of hydrogen-bond acceptors (Lipinski definition) is 5. The lowest BCUT2D eigenvalue weighted by Gasteiger charge is -2.26. The van der Waals surface area contributed by atoms with Crippen LogP contribution in [0.2, 0.25) is 0 Å². The first-order chi connectivity index (χ1) is 8.70. The number of carbonyl (C=O) groups excluding carboxylic acids is 2. The maximum atomic E-state index is 11.8. The van der Waals surface area contributed by atoms with Crippen LogP contribution in [0.3, 0.4) is 0 Å². The molecule has 6 heteroatoms. The number of nitrogens with one attached hydrogen (secondary N) is 1. The third kappa shape index (κ3) is 2.84. The molecule has 0 unspecified atom stereocenters. The summed E-state index contributed by atoms with van der Waals surface area (Å²) in [6.45, 7) is 4.57. The molecule has 0 atom stereocenters. The summed E-state index contributed by atoms with van der Waals surface area (Å²) >= 11 is 0. The van der Waals surface area contributed by atoms with Gasteiger partial charge in [-0.15, -0.1) is 0 Å². The summed E-state index contributed by atoms with van der Waals surface area (Å²) < 4.78 is 5.17. The largest absolute Gasteiger partial charge is 0.416 e. The molecular weight excluding hydrogens is 234 g/mol. The van der Waals surface area contributed by atoms with Crippen LogP contribution >= 0.6 is 0 Å². The van der Waals surface area contributed by atoms with Crippen molar-refractivity contribution in [2.45, 2.75) is 6.92 Å². The number of aryl methyl sites for hydroxylation is 1. The number of carbonyl (C=O) groups is 2. The molecular formula is C12H15N3O3. The molecule has 1 amide bonds. The first-order valence-corrected chi connectivity index (χ1v) is 5.80. The summed E-state index contributed by atoms with van der Waals surface area (Å²) in [6, 6.07) is 1.59. The Hall–Kier alpha value is -1.95. The number of piperazine rings is 1. The Balaban J connectivity index is 2.02. The van der Waals surface area contributed by atoms with E-state index in [2.05, 4.69) is 10.3 Å². The Kier molecular flexibility index (Phi) is 3.88. The van der Waals surface area contributed by atoms with Crippen molar-refractivity contribution >= 4 is 12.4 Å². The van der Waals surface area contributed by atoms with E-state index in [0.29, 0.717) is 18.7 Å². The number of rotatable bonds is 2. The monoisotopic (exact) mass is 249 g/mol. The lowest BCUT2D eigenvalue weighted by atomic mass is 10.2. The normalized spacial score (nSPS) is 15.3. The molecule has 0 aliphatic carbocycles. The van der Waals surface area contributed by atoms with Crippen LogP contribution in [0.15, 0.2) is 12.3 Å². The third-order valence-corrected chi connectivity index (χ3v) is 2.82. The van der Waals surface area contributed by atoms with Gasteiger partial charge in [-0.2, -0.15) is 0 Å². The highest BCUT2D eigenvalue weighted by molar-refractivity contribution is 5.77. The van der Waals surface area contributed by atoms with E-state index >= 15 is 0 Å². The van der Waals surface area contributed by atoms with E-state index in [1.165, 1.54) is 6.20 Å². The zero-order valence-corrected chi connectivity index (χ0v) is 10.2. The van der Waals surface area contributed by atoms with Gasteiger partial charge in [-0.1, -0.05) is 0 Å². The third-order valence-electron chi connectivity index (χ3n) is 2.82. The Bertz CT molecular complexity index is 456. The van der Waals surface area contributed by atoms with Gasteiger partial charge in [0.15, 0.2) is 6.29 Å². The van der Waals surface area contributed by atoms with Crippen molar-refractivity contribution < 1.29 is 14.3 Å². The highest BCUT2D eigenvalue weighted by atomic mass is 16.6. The molecule has 18 heavy (non-hydrogen) atoms. The van der Waals surface area contributed by atoms with Crippen molar-refractivity contribution in [1.29, 1.82) is 0 Å². The van der Waals surface area contributed by atoms with Gasteiger partial charge in [0.25, 0.3) is 0 Å². The number of pyridine rings is 1. The van der Waals surface area contributed by atoms with Crippen LogP contribution in [0.5, 0.6) is 5.88 Å². The van der Waals surface area contributed by atoms with Gasteiger partial charge in [-0.3, -0.25) is 4.79 Å². The minimum atomic E-state index is -0.401. The number of aldehydes is 1. The van der Waals surface area contributed by atoms with E-state index in [0.717, 1.165) is 24.9 Å². The van der Waals surface area contributed by atoms with E-state index in [4.69, 9.17) is 4.74 Å². The second kappa shape index (κ2) is 5.59. The van der Waals surface area contributed by atoms with Crippen LogP contribution in [0.1, 0.15) is 15.9 Å². The maximum Gasteiger partial charge on any atom is 0.416 e. The van der Waals surface area contributed by atoms with Gasteiger partial charge in [-0.25, -0.2) is 9.78 Å². The van der Waals surface area contributed by atoms with Gasteiger partial charge in [0.1, 0.15) is 0 Å². The summed E-state index contributed by atoms with van der Waals surface area (Å²) in [6.07, 6.45) is 1.73. The van der Waals surface area contributed by atoms with Crippen LogP contribution < -0.4 is 10.1 Å². The molecule has 1 aliphatic rings. The second-order valence-electron chi connectivity index (χ2n) is 4.10. The lowest BCUT2D eigenvalue weighted by molar-refractivity contribution is 0.112. The molecule has 0 spiro atoms. The topological polar surface area (TPSA) is 71.5 Å². The van der Waals surface area contributed by atoms with Gasteiger partial charge in [-0.05, 0) is 12.5 Å². The van der Waals surface area contributed by atoms with Crippen molar-refractivity contribution in [2.75, 3.05) is 26.2 Å². The summed E-state index contributed by atoms with van der Waals surface area (Å²) in [4.78, 5) is 28.0. The molecule has 1 aromatic heterocycles. The smallest absolute Gasteiger partial charge is 0.391 e. The molecule has 6 nitrogen and oxygen atoms in total. The minimum absolute atomic E-state index is 0.224. The summed E-state index contributed by atoms with van der Waals surface area (Å²) in [5.74, 6) is 0.224. The maximum absolute atomic E-state index is 11.8. The van der Waals surface area contributed by atoms with Crippen molar-refractivity contribution in [3.63, 3.8) is 0 Å². The number of nitrogens with zero attached hydrogens (tertiary/aromatic N) is 2. The molecule has 96 valence electrons. The Morgan fingerprint density at radius 3 is 2.83 bits per heavy atom. The van der Waals surface area contributed by atoms with E-state index < -0.39 is 6.09 Å². The molecule has 0 bridgehead atoms. The Labute approximate surface area is 105 Å². The van der Waals surface area contributed by atoms with Gasteiger partial charge in [0, 0.05) is 44.0 Å². The number of ether oxygens (including phenoxy) is 1. The predicted octanol–water partition coefficient (Wildman–Crippen LogP) is 0.607. The van der Waals surface area contributed by atoms with Crippen molar-refractivity contribution in [3.8, 4) is 5.88 Å². The second-order valence-corrected chi connectivity index (χ2v) is 4.10. The van der Waals surface area contributed by atoms with E-state index in [1.807, 2.05) is 0 Å². The summed E-state index contributed by atoms with van der Waals surface area (Å²) in [5, 5.41) is 3.15. The first kappa shape index (κ1) is 12.5. The quantitative estimate of drug-likeness (QED) is 0.777. The van der Waals surface area contributed by atoms with Gasteiger partial charge in [0.05, 0.1) is 0 Å². The highest BCUT2D eigenvalue weighted by Gasteiger charge is 2.18. The molecule has 0 radical (unpaired) electrons. The van der Waals surface area contributed by atoms with Crippen molar-refractivity contribution in [3.05, 3.63) is 23.4 Å². The average molecular weight is 249 g/mol. The zero-order valence-electron chi connectivity index (χ0n) is 10.2. The van der Waals surface area contributed by atoms with Crippen molar-refractivity contribution in [1.82, 2.24) is 15.2 Å². The van der Waals surface area contributed by atoms with Crippen LogP contribution in [-0.2, 0) is 0 Å². The fraction of sp³-hybridized carbons (Fsp3) is 0.417. The molecule has 0 aromatic carbocycles. The Morgan fingerprint density at radius 1 is 1.50 bits per heavy atom. The van der Waals surface area contributed by atoms with Crippen LogP contribution in [0.4, 0.5) is 4.79 Å². The zero-order chi connectivity index (χ0) is 13.0. The molecule has 1 fully saturated rings. The molecule has 1 aliphatic heterocycles. The molecule has 2 rings (SSSR count). The van der Waals surface area contributed by atoms with Crippen molar-refractivity contribution in [2.24, 2.45) is 0 Å². The van der Waals surface area contributed by atoms with Crippen LogP contribution in [0, 0.1) is 6.92 Å². The van der Waals surface area contributed by atoms with Gasteiger partial charge >= 0.3 is 6.09 Å². The van der Waals surface area contributed by atoms with Crippen LogP contribution in [0.25, 0.3) is 0 Å². The standard InChI is InChI=1S/C12H15N3O3/c1-9-6-11(14-7-10(9)8-16)18-12(17)15-4-2-13-3-5-15/h6-8,13H,2-5H2,1H3. The van der Waals surface area contributed by atoms with E-state index in [9.17, 15) is 9.59 Å². The van der Waals surface area contributed by atoms with Gasteiger partial charge < -0.3 is 15.0 Å². The molecule has 0 saturated carbocycles. The number of aromatic nitrogens is 1. The van der Waals surface area contributed by atoms with Crippen LogP contribution in [-0.4, -0.2) is 48.4 Å². The molecule has 2 heterocycles. The van der Waals surface area contributed by atoms with E-state index in [1.54, 1.807) is 17.9 Å². The summed E-state index contributed by atoms with van der Waals surface area (Å²) in [7, 11) is 0. The SMILES string of the molecule is Cc1cc(OC(=O)N2CCNCC2)ncc1C=O.